The highest BCUT2D eigenvalue weighted by Crippen LogP contribution is 2.29. The van der Waals surface area contributed by atoms with Crippen LogP contribution in [0, 0.1) is 5.92 Å². The van der Waals surface area contributed by atoms with Crippen LogP contribution < -0.4 is 5.32 Å². The van der Waals surface area contributed by atoms with Crippen LogP contribution >= 0.6 is 22.9 Å². The molecule has 0 saturated heterocycles. The fraction of sp³-hybridized carbons (Fsp3) is 0.294. The topological polar surface area (TPSA) is 12.0 Å². The van der Waals surface area contributed by atoms with E-state index in [1.807, 2.05) is 12.1 Å². The first kappa shape index (κ1) is 15.3. The van der Waals surface area contributed by atoms with E-state index in [1.165, 1.54) is 15.3 Å². The summed E-state index contributed by atoms with van der Waals surface area (Å²) < 4.78 is 0. The lowest BCUT2D eigenvalue weighted by atomic mass is 10.2. The molecule has 0 atom stereocenters. The minimum Gasteiger partial charge on any atom is -0.313 e. The molecule has 1 nitrogen and oxygen atoms in total. The highest BCUT2D eigenvalue weighted by Gasteiger charge is 2.01. The van der Waals surface area contributed by atoms with Gasteiger partial charge in [0, 0.05) is 21.3 Å². The van der Waals surface area contributed by atoms with Gasteiger partial charge in [-0.1, -0.05) is 43.7 Å². The molecule has 0 radical (unpaired) electrons. The third kappa shape index (κ3) is 4.78. The van der Waals surface area contributed by atoms with Crippen LogP contribution in [0.15, 0.2) is 42.5 Å². The lowest BCUT2D eigenvalue weighted by molar-refractivity contribution is 0.577. The molecule has 1 aromatic carbocycles. The van der Waals surface area contributed by atoms with Gasteiger partial charge < -0.3 is 5.32 Å². The molecule has 1 aromatic heterocycles. The molecule has 2 aromatic rings. The van der Waals surface area contributed by atoms with Gasteiger partial charge in [-0.2, -0.15) is 0 Å². The molecule has 2 rings (SSSR count). The van der Waals surface area contributed by atoms with E-state index in [2.05, 4.69) is 55.6 Å². The Morgan fingerprint density at radius 1 is 1.15 bits per heavy atom. The first-order valence-electron chi connectivity index (χ1n) is 6.88. The number of rotatable bonds is 6. The van der Waals surface area contributed by atoms with E-state index >= 15 is 0 Å². The molecule has 1 heterocycles. The molecule has 3 heteroatoms. The zero-order chi connectivity index (χ0) is 14.4. The Morgan fingerprint density at radius 3 is 2.60 bits per heavy atom. The molecule has 0 saturated carbocycles. The van der Waals surface area contributed by atoms with E-state index in [4.69, 9.17) is 11.6 Å². The molecular weight excluding hydrogens is 286 g/mol. The molecule has 0 fully saturated rings. The standard InChI is InChI=1S/C17H20ClNS/c1-13(2)12-19-11-3-4-16-9-10-17(20-16)14-5-7-15(18)8-6-14/h3-10,13,19H,11-12H2,1-2H3. The van der Waals surface area contributed by atoms with Gasteiger partial charge >= 0.3 is 0 Å². The van der Waals surface area contributed by atoms with Crippen LogP contribution in [0.2, 0.25) is 5.02 Å². The summed E-state index contributed by atoms with van der Waals surface area (Å²) in [7, 11) is 0. The zero-order valence-corrected chi connectivity index (χ0v) is 13.5. The lowest BCUT2D eigenvalue weighted by Gasteiger charge is -2.03. The number of nitrogens with one attached hydrogen (secondary N) is 1. The highest BCUT2D eigenvalue weighted by molar-refractivity contribution is 7.16. The number of hydrogen-bond acceptors (Lipinski definition) is 2. The van der Waals surface area contributed by atoms with Gasteiger partial charge in [-0.15, -0.1) is 11.3 Å². The molecular formula is C17H20ClNS. The molecule has 0 amide bonds. The average Bonchev–Trinajstić information content (AvgIpc) is 2.87. The molecule has 0 bridgehead atoms. The molecule has 0 unspecified atom stereocenters. The van der Waals surface area contributed by atoms with Crippen LogP contribution in [0.1, 0.15) is 18.7 Å². The average molecular weight is 306 g/mol. The second-order valence-corrected chi connectivity index (χ2v) is 6.72. The number of benzene rings is 1. The second-order valence-electron chi connectivity index (χ2n) is 5.16. The molecule has 0 aliphatic carbocycles. The van der Waals surface area contributed by atoms with Crippen molar-refractivity contribution in [3.05, 3.63) is 52.4 Å². The van der Waals surface area contributed by atoms with Gasteiger partial charge in [0.1, 0.15) is 0 Å². The van der Waals surface area contributed by atoms with Gasteiger partial charge in [-0.3, -0.25) is 0 Å². The van der Waals surface area contributed by atoms with Crippen molar-refractivity contribution in [3.8, 4) is 10.4 Å². The van der Waals surface area contributed by atoms with Crippen molar-refractivity contribution >= 4 is 29.0 Å². The second kappa shape index (κ2) is 7.63. The monoisotopic (exact) mass is 305 g/mol. The zero-order valence-electron chi connectivity index (χ0n) is 11.9. The Balaban J connectivity index is 1.92. The first-order valence-corrected chi connectivity index (χ1v) is 8.07. The van der Waals surface area contributed by atoms with Gasteiger partial charge in [0.25, 0.3) is 0 Å². The molecule has 106 valence electrons. The fourth-order valence-electron chi connectivity index (χ4n) is 1.84. The third-order valence-corrected chi connectivity index (χ3v) is 4.20. The SMILES string of the molecule is CC(C)CNCC=Cc1ccc(-c2ccc(Cl)cc2)s1. The normalized spacial score (nSPS) is 11.6. The number of hydrogen-bond donors (Lipinski definition) is 1. The van der Waals surface area contributed by atoms with E-state index in [0.717, 1.165) is 18.1 Å². The summed E-state index contributed by atoms with van der Waals surface area (Å²) in [6, 6.07) is 12.3. The molecule has 20 heavy (non-hydrogen) atoms. The van der Waals surface area contributed by atoms with Crippen molar-refractivity contribution in [1.82, 2.24) is 5.32 Å². The van der Waals surface area contributed by atoms with Gasteiger partial charge in [-0.25, -0.2) is 0 Å². The van der Waals surface area contributed by atoms with E-state index in [1.54, 1.807) is 11.3 Å². The first-order chi connectivity index (χ1) is 9.65. The van der Waals surface area contributed by atoms with E-state index in [9.17, 15) is 0 Å². The third-order valence-electron chi connectivity index (χ3n) is 2.85. The van der Waals surface area contributed by atoms with Crippen molar-refractivity contribution in [1.29, 1.82) is 0 Å². The summed E-state index contributed by atoms with van der Waals surface area (Å²) in [6.07, 6.45) is 4.36. The summed E-state index contributed by atoms with van der Waals surface area (Å²) in [5.41, 5.74) is 1.22. The molecule has 0 spiro atoms. The Bertz CT molecular complexity index is 555. The van der Waals surface area contributed by atoms with Gasteiger partial charge in [0.15, 0.2) is 0 Å². The molecule has 1 N–H and O–H groups in total. The maximum atomic E-state index is 5.91. The maximum absolute atomic E-state index is 5.91. The van der Waals surface area contributed by atoms with Crippen molar-refractivity contribution in [2.24, 2.45) is 5.92 Å². The van der Waals surface area contributed by atoms with Gasteiger partial charge in [0.2, 0.25) is 0 Å². The van der Waals surface area contributed by atoms with E-state index in [-0.39, 0.29) is 0 Å². The van der Waals surface area contributed by atoms with Crippen LogP contribution in [-0.4, -0.2) is 13.1 Å². The summed E-state index contributed by atoms with van der Waals surface area (Å²) in [6.45, 7) is 6.42. The van der Waals surface area contributed by atoms with Crippen molar-refractivity contribution in [3.63, 3.8) is 0 Å². The van der Waals surface area contributed by atoms with Crippen LogP contribution in [0.25, 0.3) is 16.5 Å². The summed E-state index contributed by atoms with van der Waals surface area (Å²) in [4.78, 5) is 2.55. The largest absolute Gasteiger partial charge is 0.313 e. The van der Waals surface area contributed by atoms with Crippen molar-refractivity contribution in [2.45, 2.75) is 13.8 Å². The van der Waals surface area contributed by atoms with Crippen LogP contribution in [0.4, 0.5) is 0 Å². The summed E-state index contributed by atoms with van der Waals surface area (Å²) >= 11 is 7.71. The summed E-state index contributed by atoms with van der Waals surface area (Å²) in [5.74, 6) is 0.696. The highest BCUT2D eigenvalue weighted by atomic mass is 35.5. The maximum Gasteiger partial charge on any atom is 0.0406 e. The van der Waals surface area contributed by atoms with Crippen molar-refractivity contribution in [2.75, 3.05) is 13.1 Å². The van der Waals surface area contributed by atoms with Gasteiger partial charge in [-0.05, 0) is 48.4 Å². The van der Waals surface area contributed by atoms with Crippen molar-refractivity contribution < 1.29 is 0 Å². The smallest absolute Gasteiger partial charge is 0.0406 e. The number of thiophene rings is 1. The summed E-state index contributed by atoms with van der Waals surface area (Å²) in [5, 5.41) is 4.18. The minimum atomic E-state index is 0.696. The number of halogens is 1. The molecule has 0 aliphatic heterocycles. The Kier molecular flexibility index (Phi) is 5.84. The fourth-order valence-corrected chi connectivity index (χ4v) is 2.91. The minimum absolute atomic E-state index is 0.696. The Hall–Kier alpha value is -1.09. The quantitative estimate of drug-likeness (QED) is 0.711. The predicted molar refractivity (Wildman–Crippen MR) is 91.5 cm³/mol. The molecule has 0 aliphatic rings. The Labute approximate surface area is 130 Å². The van der Waals surface area contributed by atoms with E-state index < -0.39 is 0 Å². The van der Waals surface area contributed by atoms with Crippen LogP contribution in [0.5, 0.6) is 0 Å². The van der Waals surface area contributed by atoms with Gasteiger partial charge in [0.05, 0.1) is 0 Å². The van der Waals surface area contributed by atoms with E-state index in [0.29, 0.717) is 5.92 Å². The predicted octanol–water partition coefficient (Wildman–Crippen LogP) is 5.33. The van der Waals surface area contributed by atoms with Crippen LogP contribution in [-0.2, 0) is 0 Å². The van der Waals surface area contributed by atoms with Crippen LogP contribution in [0.3, 0.4) is 0 Å². The Morgan fingerprint density at radius 2 is 1.90 bits per heavy atom. The lowest BCUT2D eigenvalue weighted by Crippen LogP contribution is -2.19.